The molecule has 0 spiro atoms. The van der Waals surface area contributed by atoms with Gasteiger partial charge in [0.25, 0.3) is 0 Å². The zero-order chi connectivity index (χ0) is 15.1. The summed E-state index contributed by atoms with van der Waals surface area (Å²) in [5.74, 6) is 5.71. The number of hydrogen-bond donors (Lipinski definition) is 2. The second kappa shape index (κ2) is 7.57. The lowest BCUT2D eigenvalue weighted by molar-refractivity contribution is 0.0981. The maximum atomic E-state index is 12.2. The molecule has 0 radical (unpaired) electrons. The van der Waals surface area contributed by atoms with Crippen LogP contribution < -0.4 is 10.5 Å². The van der Waals surface area contributed by atoms with Crippen molar-refractivity contribution in [1.29, 1.82) is 0 Å². The van der Waals surface area contributed by atoms with Crippen LogP contribution in [0.1, 0.15) is 24.0 Å². The molecule has 0 aliphatic carbocycles. The van der Waals surface area contributed by atoms with Gasteiger partial charge in [0.15, 0.2) is 0 Å². The number of nitrogens with two attached hydrogens (primary N) is 1. The zero-order valence-corrected chi connectivity index (χ0v) is 12.7. The lowest BCUT2D eigenvalue weighted by Crippen LogP contribution is -2.37. The molecule has 1 aromatic rings. The molecule has 0 unspecified atom stereocenters. The van der Waals surface area contributed by atoms with E-state index < -0.39 is 10.0 Å². The van der Waals surface area contributed by atoms with E-state index in [1.807, 2.05) is 24.3 Å². The van der Waals surface area contributed by atoms with Crippen molar-refractivity contribution in [2.75, 3.05) is 19.8 Å². The van der Waals surface area contributed by atoms with Crippen molar-refractivity contribution >= 4 is 10.0 Å². The molecule has 114 valence electrons. The van der Waals surface area contributed by atoms with E-state index in [2.05, 4.69) is 16.6 Å². The van der Waals surface area contributed by atoms with Gasteiger partial charge < -0.3 is 10.5 Å². The average molecular weight is 308 g/mol. The Bertz CT molecular complexity index is 609. The predicted octanol–water partition coefficient (Wildman–Crippen LogP) is 0.595. The van der Waals surface area contributed by atoms with Crippen molar-refractivity contribution in [3.8, 4) is 11.8 Å². The largest absolute Gasteiger partial charge is 0.381 e. The van der Waals surface area contributed by atoms with E-state index >= 15 is 0 Å². The van der Waals surface area contributed by atoms with Crippen LogP contribution in [0.5, 0.6) is 0 Å². The Morgan fingerprint density at radius 2 is 1.90 bits per heavy atom. The molecule has 0 atom stereocenters. The molecule has 0 saturated carbocycles. The van der Waals surface area contributed by atoms with Crippen LogP contribution in [0.3, 0.4) is 0 Å². The Morgan fingerprint density at radius 1 is 1.24 bits per heavy atom. The highest BCUT2D eigenvalue weighted by molar-refractivity contribution is 7.90. The lowest BCUT2D eigenvalue weighted by atomic mass is 10.1. The smallest absolute Gasteiger partial charge is 0.214 e. The highest BCUT2D eigenvalue weighted by Gasteiger charge is 2.27. The molecular weight excluding hydrogens is 288 g/mol. The van der Waals surface area contributed by atoms with Gasteiger partial charge in [-0.15, -0.1) is 0 Å². The maximum Gasteiger partial charge on any atom is 0.214 e. The molecular formula is C15H20N2O3S. The molecule has 1 fully saturated rings. The normalized spacial score (nSPS) is 16.2. The van der Waals surface area contributed by atoms with Crippen LogP contribution in [0.2, 0.25) is 0 Å². The molecule has 0 bridgehead atoms. The molecule has 6 heteroatoms. The summed E-state index contributed by atoms with van der Waals surface area (Å²) in [6, 6.07) is 7.46. The van der Waals surface area contributed by atoms with Crippen molar-refractivity contribution in [3.63, 3.8) is 0 Å². The Labute approximate surface area is 125 Å². The third kappa shape index (κ3) is 4.83. The summed E-state index contributed by atoms with van der Waals surface area (Å²) >= 11 is 0. The van der Waals surface area contributed by atoms with Gasteiger partial charge in [-0.05, 0) is 30.5 Å². The summed E-state index contributed by atoms with van der Waals surface area (Å²) in [6.45, 7) is 1.65. The van der Waals surface area contributed by atoms with Gasteiger partial charge in [-0.3, -0.25) is 0 Å². The summed E-state index contributed by atoms with van der Waals surface area (Å²) in [4.78, 5) is 0. The summed E-state index contributed by atoms with van der Waals surface area (Å²) in [5.41, 5.74) is 7.09. The topological polar surface area (TPSA) is 81.4 Å². The van der Waals surface area contributed by atoms with Crippen LogP contribution in [0.4, 0.5) is 0 Å². The standard InChI is InChI=1S/C15H20N2O3S/c16-9-1-2-13-3-5-14(6-4-13)12-17-21(18,19)15-7-10-20-11-8-15/h3-6,15,17H,7-12,16H2. The highest BCUT2D eigenvalue weighted by atomic mass is 32.2. The summed E-state index contributed by atoms with van der Waals surface area (Å²) in [6.07, 6.45) is 1.12. The summed E-state index contributed by atoms with van der Waals surface area (Å²) in [5, 5.41) is -0.346. The number of sulfonamides is 1. The van der Waals surface area contributed by atoms with Crippen LogP contribution >= 0.6 is 0 Å². The highest BCUT2D eigenvalue weighted by Crippen LogP contribution is 2.15. The number of benzene rings is 1. The number of ether oxygens (including phenoxy) is 1. The first kappa shape index (κ1) is 16.0. The van der Waals surface area contributed by atoms with E-state index in [9.17, 15) is 8.42 Å². The van der Waals surface area contributed by atoms with Gasteiger partial charge in [0, 0.05) is 25.3 Å². The Balaban J connectivity index is 1.92. The van der Waals surface area contributed by atoms with Crippen molar-refractivity contribution in [2.45, 2.75) is 24.6 Å². The van der Waals surface area contributed by atoms with E-state index in [0.717, 1.165) is 11.1 Å². The van der Waals surface area contributed by atoms with Gasteiger partial charge >= 0.3 is 0 Å². The Kier molecular flexibility index (Phi) is 5.76. The molecule has 1 saturated heterocycles. The summed E-state index contributed by atoms with van der Waals surface area (Å²) in [7, 11) is -3.28. The summed E-state index contributed by atoms with van der Waals surface area (Å²) < 4.78 is 32.2. The molecule has 5 nitrogen and oxygen atoms in total. The van der Waals surface area contributed by atoms with Crippen molar-refractivity contribution in [2.24, 2.45) is 5.73 Å². The second-order valence-corrected chi connectivity index (χ2v) is 6.93. The van der Waals surface area contributed by atoms with Crippen LogP contribution in [-0.2, 0) is 21.3 Å². The Morgan fingerprint density at radius 3 is 2.52 bits per heavy atom. The minimum Gasteiger partial charge on any atom is -0.381 e. The first-order chi connectivity index (χ1) is 10.1. The molecule has 3 N–H and O–H groups in total. The third-order valence-electron chi connectivity index (χ3n) is 3.37. The number of hydrogen-bond acceptors (Lipinski definition) is 4. The minimum absolute atomic E-state index is 0.296. The van der Waals surface area contributed by atoms with Gasteiger partial charge in [0.05, 0.1) is 11.8 Å². The van der Waals surface area contributed by atoms with Gasteiger partial charge in [-0.25, -0.2) is 13.1 Å². The number of rotatable bonds is 4. The van der Waals surface area contributed by atoms with Gasteiger partial charge in [-0.1, -0.05) is 24.0 Å². The fraction of sp³-hybridized carbons (Fsp3) is 0.467. The van der Waals surface area contributed by atoms with E-state index in [-0.39, 0.29) is 5.25 Å². The fourth-order valence-corrected chi connectivity index (χ4v) is 3.56. The van der Waals surface area contributed by atoms with Crippen LogP contribution in [0.15, 0.2) is 24.3 Å². The van der Waals surface area contributed by atoms with Gasteiger partial charge in [-0.2, -0.15) is 0 Å². The van der Waals surface area contributed by atoms with Crippen LogP contribution in [0.25, 0.3) is 0 Å². The van der Waals surface area contributed by atoms with E-state index in [1.54, 1.807) is 0 Å². The van der Waals surface area contributed by atoms with E-state index in [1.165, 1.54) is 0 Å². The second-order valence-electron chi connectivity index (χ2n) is 4.88. The minimum atomic E-state index is -3.28. The molecule has 1 aromatic carbocycles. The monoisotopic (exact) mass is 308 g/mol. The van der Waals surface area contributed by atoms with E-state index in [0.29, 0.717) is 39.1 Å². The van der Waals surface area contributed by atoms with Crippen LogP contribution in [-0.4, -0.2) is 33.4 Å². The SMILES string of the molecule is NCC#Cc1ccc(CNS(=O)(=O)C2CCOCC2)cc1. The molecule has 0 amide bonds. The van der Waals surface area contributed by atoms with Crippen molar-refractivity contribution < 1.29 is 13.2 Å². The fourth-order valence-electron chi connectivity index (χ4n) is 2.15. The first-order valence-corrected chi connectivity index (χ1v) is 8.50. The van der Waals surface area contributed by atoms with Gasteiger partial charge in [0.1, 0.15) is 0 Å². The predicted molar refractivity (Wildman–Crippen MR) is 82.0 cm³/mol. The third-order valence-corrected chi connectivity index (χ3v) is 5.27. The lowest BCUT2D eigenvalue weighted by Gasteiger charge is -2.22. The van der Waals surface area contributed by atoms with Gasteiger partial charge in [0.2, 0.25) is 10.0 Å². The average Bonchev–Trinajstić information content (AvgIpc) is 2.53. The quantitative estimate of drug-likeness (QED) is 0.798. The molecule has 1 aliphatic heterocycles. The van der Waals surface area contributed by atoms with Crippen LogP contribution in [0, 0.1) is 11.8 Å². The number of nitrogens with one attached hydrogen (secondary N) is 1. The van der Waals surface area contributed by atoms with Crippen molar-refractivity contribution in [1.82, 2.24) is 4.72 Å². The van der Waals surface area contributed by atoms with E-state index in [4.69, 9.17) is 10.5 Å². The van der Waals surface area contributed by atoms with Crippen molar-refractivity contribution in [3.05, 3.63) is 35.4 Å². The molecule has 1 aliphatic rings. The first-order valence-electron chi connectivity index (χ1n) is 6.96. The molecule has 2 rings (SSSR count). The molecule has 0 aromatic heterocycles. The maximum absolute atomic E-state index is 12.2. The zero-order valence-electron chi connectivity index (χ0n) is 11.8. The molecule has 1 heterocycles. The molecule has 21 heavy (non-hydrogen) atoms. The Hall–Kier alpha value is -1.39.